The lowest BCUT2D eigenvalue weighted by Gasteiger charge is -2.22. The third-order valence-electron chi connectivity index (χ3n) is 4.07. The fourth-order valence-electron chi connectivity index (χ4n) is 2.79. The van der Waals surface area contributed by atoms with E-state index in [2.05, 4.69) is 20.8 Å². The molecule has 0 atom stereocenters. The minimum atomic E-state index is -0.292. The van der Waals surface area contributed by atoms with E-state index in [0.717, 1.165) is 17.8 Å². The fraction of sp³-hybridized carbons (Fsp3) is 0.412. The van der Waals surface area contributed by atoms with Crippen LogP contribution in [0.2, 0.25) is 0 Å². The average molecular weight is 344 g/mol. The number of aromatic nitrogens is 2. The van der Waals surface area contributed by atoms with E-state index >= 15 is 0 Å². The number of amides is 2. The number of benzene rings is 1. The lowest BCUT2D eigenvalue weighted by molar-refractivity contribution is 0.0927. The van der Waals surface area contributed by atoms with E-state index in [9.17, 15) is 9.59 Å². The molecule has 1 aliphatic carbocycles. The first-order valence-corrected chi connectivity index (χ1v) is 8.96. The Kier molecular flexibility index (Phi) is 5.20. The van der Waals surface area contributed by atoms with Gasteiger partial charge in [-0.05, 0) is 44.0 Å². The summed E-state index contributed by atoms with van der Waals surface area (Å²) in [5.41, 5.74) is 1.23. The minimum absolute atomic E-state index is 0.0560. The summed E-state index contributed by atoms with van der Waals surface area (Å²) in [5.74, 6) is -0.348. The molecule has 3 rings (SSSR count). The molecule has 1 saturated carbocycles. The van der Waals surface area contributed by atoms with Crippen LogP contribution in [0.5, 0.6) is 0 Å². The van der Waals surface area contributed by atoms with Gasteiger partial charge in [-0.3, -0.25) is 9.59 Å². The lowest BCUT2D eigenvalue weighted by atomic mass is 9.95. The van der Waals surface area contributed by atoms with Crippen molar-refractivity contribution in [1.29, 1.82) is 0 Å². The largest absolute Gasteiger partial charge is 0.349 e. The fourth-order valence-corrected chi connectivity index (χ4v) is 3.38. The first-order chi connectivity index (χ1) is 11.6. The van der Waals surface area contributed by atoms with Crippen LogP contribution in [0.4, 0.5) is 5.69 Å². The van der Waals surface area contributed by atoms with Gasteiger partial charge in [-0.15, -0.1) is 10.2 Å². The molecule has 24 heavy (non-hydrogen) atoms. The molecule has 1 heterocycles. The van der Waals surface area contributed by atoms with Crippen molar-refractivity contribution in [3.05, 3.63) is 39.8 Å². The van der Waals surface area contributed by atoms with Crippen LogP contribution in [-0.4, -0.2) is 28.1 Å². The van der Waals surface area contributed by atoms with Gasteiger partial charge in [0.1, 0.15) is 5.01 Å². The highest BCUT2D eigenvalue weighted by atomic mass is 32.1. The highest BCUT2D eigenvalue weighted by Crippen LogP contribution is 2.18. The number of aryl methyl sites for hydroxylation is 1. The number of hydrogen-bond acceptors (Lipinski definition) is 5. The molecule has 2 amide bonds. The zero-order valence-corrected chi connectivity index (χ0v) is 14.4. The Bertz CT molecular complexity index is 720. The highest BCUT2D eigenvalue weighted by molar-refractivity contribution is 7.13. The number of carbonyl (C=O) groups is 2. The highest BCUT2D eigenvalue weighted by Gasteiger charge is 2.17. The summed E-state index contributed by atoms with van der Waals surface area (Å²) < 4.78 is 0. The molecule has 2 aromatic rings. The molecular formula is C17H20N4O2S. The van der Waals surface area contributed by atoms with Gasteiger partial charge in [-0.1, -0.05) is 30.6 Å². The van der Waals surface area contributed by atoms with Crippen LogP contribution in [0.1, 0.15) is 57.3 Å². The van der Waals surface area contributed by atoms with E-state index in [4.69, 9.17) is 0 Å². The first kappa shape index (κ1) is 16.6. The molecule has 1 aliphatic rings. The molecule has 0 aliphatic heterocycles. The van der Waals surface area contributed by atoms with Gasteiger partial charge < -0.3 is 10.6 Å². The number of hydrogen-bond donors (Lipinski definition) is 2. The average Bonchev–Trinajstić information content (AvgIpc) is 3.03. The summed E-state index contributed by atoms with van der Waals surface area (Å²) in [6.45, 7) is 1.80. The van der Waals surface area contributed by atoms with Gasteiger partial charge in [0.05, 0.1) is 0 Å². The van der Waals surface area contributed by atoms with E-state index in [1.807, 2.05) is 0 Å². The predicted molar refractivity (Wildman–Crippen MR) is 93.4 cm³/mol. The monoisotopic (exact) mass is 344 g/mol. The van der Waals surface area contributed by atoms with Crippen LogP contribution in [0, 0.1) is 6.92 Å². The van der Waals surface area contributed by atoms with E-state index in [0.29, 0.717) is 16.3 Å². The molecule has 2 N–H and O–H groups in total. The maximum absolute atomic E-state index is 12.3. The number of nitrogens with one attached hydrogen (secondary N) is 2. The van der Waals surface area contributed by atoms with Crippen LogP contribution in [0.3, 0.4) is 0 Å². The van der Waals surface area contributed by atoms with Gasteiger partial charge in [0, 0.05) is 17.3 Å². The molecule has 0 unspecified atom stereocenters. The van der Waals surface area contributed by atoms with E-state index < -0.39 is 0 Å². The summed E-state index contributed by atoms with van der Waals surface area (Å²) >= 11 is 1.24. The Balaban J connectivity index is 1.58. The molecular weight excluding hydrogens is 324 g/mol. The van der Waals surface area contributed by atoms with Crippen molar-refractivity contribution in [1.82, 2.24) is 15.5 Å². The van der Waals surface area contributed by atoms with Crippen LogP contribution in [0.15, 0.2) is 24.3 Å². The second-order valence-electron chi connectivity index (χ2n) is 5.97. The Morgan fingerprint density at radius 2 is 1.75 bits per heavy atom. The summed E-state index contributed by atoms with van der Waals surface area (Å²) in [4.78, 5) is 24.3. The Morgan fingerprint density at radius 1 is 1.04 bits per heavy atom. The smallest absolute Gasteiger partial charge is 0.286 e. The van der Waals surface area contributed by atoms with Crippen LogP contribution >= 0.6 is 11.3 Å². The topological polar surface area (TPSA) is 84.0 Å². The number of carbonyl (C=O) groups excluding carboxylic acids is 2. The van der Waals surface area contributed by atoms with E-state index in [-0.39, 0.29) is 17.9 Å². The molecule has 7 heteroatoms. The van der Waals surface area contributed by atoms with Crippen molar-refractivity contribution in [2.24, 2.45) is 0 Å². The standard InChI is InChI=1S/C17H20N4O2S/c1-11-20-21-17(24-11)16(23)19-14-9-7-12(8-10-14)15(22)18-13-5-3-2-4-6-13/h7-10,13H,2-6H2,1H3,(H,18,22)(H,19,23). The maximum Gasteiger partial charge on any atom is 0.286 e. The zero-order chi connectivity index (χ0) is 16.9. The van der Waals surface area contributed by atoms with Gasteiger partial charge in [-0.25, -0.2) is 0 Å². The predicted octanol–water partition coefficient (Wildman–Crippen LogP) is 3.16. The quantitative estimate of drug-likeness (QED) is 0.892. The normalized spacial score (nSPS) is 15.0. The minimum Gasteiger partial charge on any atom is -0.349 e. The molecule has 1 aromatic heterocycles. The van der Waals surface area contributed by atoms with Crippen molar-refractivity contribution in [2.75, 3.05) is 5.32 Å². The van der Waals surface area contributed by atoms with E-state index in [1.54, 1.807) is 31.2 Å². The summed E-state index contributed by atoms with van der Waals surface area (Å²) in [6.07, 6.45) is 5.74. The van der Waals surface area contributed by atoms with Gasteiger partial charge in [0.2, 0.25) is 5.01 Å². The van der Waals surface area contributed by atoms with Gasteiger partial charge in [-0.2, -0.15) is 0 Å². The SMILES string of the molecule is Cc1nnc(C(=O)Nc2ccc(C(=O)NC3CCCCC3)cc2)s1. The summed E-state index contributed by atoms with van der Waals surface area (Å²) in [6, 6.07) is 7.17. The maximum atomic E-state index is 12.3. The van der Waals surface area contributed by atoms with E-state index in [1.165, 1.54) is 30.6 Å². The molecule has 1 aromatic carbocycles. The van der Waals surface area contributed by atoms with Crippen molar-refractivity contribution in [3.8, 4) is 0 Å². The van der Waals surface area contributed by atoms with Crippen molar-refractivity contribution < 1.29 is 9.59 Å². The third kappa shape index (κ3) is 4.17. The summed E-state index contributed by atoms with van der Waals surface area (Å²) in [5, 5.41) is 14.6. The lowest BCUT2D eigenvalue weighted by Crippen LogP contribution is -2.36. The molecule has 0 bridgehead atoms. The van der Waals surface area contributed by atoms with Gasteiger partial charge in [0.25, 0.3) is 11.8 Å². The number of rotatable bonds is 4. The second-order valence-corrected chi connectivity index (χ2v) is 7.15. The molecule has 126 valence electrons. The number of nitrogens with zero attached hydrogens (tertiary/aromatic N) is 2. The zero-order valence-electron chi connectivity index (χ0n) is 13.5. The third-order valence-corrected chi connectivity index (χ3v) is 4.90. The second kappa shape index (κ2) is 7.53. The van der Waals surface area contributed by atoms with Crippen molar-refractivity contribution >= 4 is 28.8 Å². The molecule has 1 fully saturated rings. The molecule has 0 saturated heterocycles. The molecule has 6 nitrogen and oxygen atoms in total. The van der Waals surface area contributed by atoms with Crippen molar-refractivity contribution in [3.63, 3.8) is 0 Å². The van der Waals surface area contributed by atoms with Crippen LogP contribution in [0.25, 0.3) is 0 Å². The van der Waals surface area contributed by atoms with Crippen LogP contribution in [-0.2, 0) is 0 Å². The Hall–Kier alpha value is -2.28. The van der Waals surface area contributed by atoms with Crippen molar-refractivity contribution in [2.45, 2.75) is 45.1 Å². The van der Waals surface area contributed by atoms with Crippen LogP contribution < -0.4 is 10.6 Å². The molecule has 0 radical (unpaired) electrons. The first-order valence-electron chi connectivity index (χ1n) is 8.14. The van der Waals surface area contributed by atoms with Gasteiger partial charge in [0.15, 0.2) is 0 Å². The Labute approximate surface area is 144 Å². The van der Waals surface area contributed by atoms with Gasteiger partial charge >= 0.3 is 0 Å². The Morgan fingerprint density at radius 3 is 2.38 bits per heavy atom. The summed E-state index contributed by atoms with van der Waals surface area (Å²) in [7, 11) is 0. The number of anilines is 1. The molecule has 0 spiro atoms.